The molecule has 0 aliphatic carbocycles. The van der Waals surface area contributed by atoms with Crippen LogP contribution >= 0.6 is 15.9 Å². The van der Waals surface area contributed by atoms with Crippen molar-refractivity contribution in [3.8, 4) is 6.07 Å². The quantitative estimate of drug-likeness (QED) is 0.632. The zero-order valence-corrected chi connectivity index (χ0v) is 11.0. The molecule has 0 atom stereocenters. The van der Waals surface area contributed by atoms with E-state index in [9.17, 15) is 13.6 Å². The number of aromatic nitrogens is 1. The minimum Gasteiger partial charge on any atom is -0.469 e. The first kappa shape index (κ1) is 14.5. The normalized spacial score (nSPS) is 10.2. The predicted molar refractivity (Wildman–Crippen MR) is 62.3 cm³/mol. The van der Waals surface area contributed by atoms with E-state index < -0.39 is 18.1 Å². The number of halogens is 3. The monoisotopic (exact) mass is 318 g/mol. The first-order chi connectivity index (χ1) is 8.54. The lowest BCUT2D eigenvalue weighted by molar-refractivity contribution is -0.139. The summed E-state index contributed by atoms with van der Waals surface area (Å²) < 4.78 is 29.9. The van der Waals surface area contributed by atoms with E-state index in [0.717, 1.165) is 0 Å². The molecule has 1 aromatic rings. The fourth-order valence-corrected chi connectivity index (χ4v) is 1.91. The van der Waals surface area contributed by atoms with Crippen LogP contribution in [-0.4, -0.2) is 18.1 Å². The Morgan fingerprint density at radius 3 is 2.78 bits per heavy atom. The van der Waals surface area contributed by atoms with Crippen molar-refractivity contribution in [3.05, 3.63) is 28.6 Å². The van der Waals surface area contributed by atoms with Gasteiger partial charge in [0, 0.05) is 11.5 Å². The summed E-state index contributed by atoms with van der Waals surface area (Å²) in [5.41, 5.74) is -0.124. The second kappa shape index (κ2) is 6.40. The van der Waals surface area contributed by atoms with Crippen LogP contribution in [0.15, 0.2) is 6.20 Å². The number of carbonyl (C=O) groups excluding carboxylic acids is 1. The molecular formula is C11H9BrF2N2O2. The summed E-state index contributed by atoms with van der Waals surface area (Å²) in [5.74, 6) is -0.597. The highest BCUT2D eigenvalue weighted by molar-refractivity contribution is 9.08. The molecule has 0 unspecified atom stereocenters. The summed E-state index contributed by atoms with van der Waals surface area (Å²) >= 11 is 3.16. The van der Waals surface area contributed by atoms with Crippen molar-refractivity contribution in [2.24, 2.45) is 0 Å². The van der Waals surface area contributed by atoms with Gasteiger partial charge in [-0.25, -0.2) is 8.78 Å². The Balaban J connectivity index is 3.38. The number of methoxy groups -OCH3 is 1. The van der Waals surface area contributed by atoms with E-state index in [4.69, 9.17) is 5.26 Å². The Hall–Kier alpha value is -1.55. The summed E-state index contributed by atoms with van der Waals surface area (Å²) in [6, 6.07) is 1.68. The fraction of sp³-hybridized carbons (Fsp3) is 0.364. The van der Waals surface area contributed by atoms with E-state index in [1.807, 2.05) is 0 Å². The SMILES string of the molecule is COC(=O)Cc1c(CBr)cnc(C(F)F)c1C#N. The summed E-state index contributed by atoms with van der Waals surface area (Å²) in [6.45, 7) is 0. The van der Waals surface area contributed by atoms with Crippen LogP contribution in [0.25, 0.3) is 0 Å². The van der Waals surface area contributed by atoms with Crippen LogP contribution in [0.4, 0.5) is 8.78 Å². The van der Waals surface area contributed by atoms with Crippen molar-refractivity contribution in [2.75, 3.05) is 7.11 Å². The summed E-state index contributed by atoms with van der Waals surface area (Å²) in [7, 11) is 1.19. The minimum absolute atomic E-state index is 0.228. The molecule has 0 aromatic carbocycles. The average Bonchev–Trinajstić information content (AvgIpc) is 2.37. The zero-order chi connectivity index (χ0) is 13.7. The number of pyridine rings is 1. The van der Waals surface area contributed by atoms with E-state index in [-0.39, 0.29) is 17.5 Å². The van der Waals surface area contributed by atoms with E-state index in [1.165, 1.54) is 13.3 Å². The highest BCUT2D eigenvalue weighted by Gasteiger charge is 2.22. The lowest BCUT2D eigenvalue weighted by atomic mass is 10.00. The lowest BCUT2D eigenvalue weighted by Gasteiger charge is -2.11. The number of rotatable bonds is 4. The van der Waals surface area contributed by atoms with Crippen LogP contribution in [0.5, 0.6) is 0 Å². The number of hydrogen-bond acceptors (Lipinski definition) is 4. The Labute approximate surface area is 111 Å². The third-order valence-electron chi connectivity index (χ3n) is 2.32. The first-order valence-corrected chi connectivity index (χ1v) is 5.99. The van der Waals surface area contributed by atoms with Crippen LogP contribution in [-0.2, 0) is 21.3 Å². The topological polar surface area (TPSA) is 63.0 Å². The molecule has 1 heterocycles. The van der Waals surface area contributed by atoms with Gasteiger partial charge in [0.05, 0.1) is 19.1 Å². The Bertz CT molecular complexity index is 501. The number of alkyl halides is 3. The maximum atomic E-state index is 12.7. The molecule has 0 aliphatic rings. The molecule has 1 aromatic heterocycles. The Morgan fingerprint density at radius 2 is 2.33 bits per heavy atom. The van der Waals surface area contributed by atoms with Crippen LogP contribution in [0, 0.1) is 11.3 Å². The van der Waals surface area contributed by atoms with E-state index >= 15 is 0 Å². The number of nitrogens with zero attached hydrogens (tertiary/aromatic N) is 2. The maximum absolute atomic E-state index is 12.7. The summed E-state index contributed by atoms with van der Waals surface area (Å²) in [6.07, 6.45) is -1.86. The molecule has 0 spiro atoms. The summed E-state index contributed by atoms with van der Waals surface area (Å²) in [4.78, 5) is 14.8. The molecule has 0 aliphatic heterocycles. The summed E-state index contributed by atoms with van der Waals surface area (Å²) in [5, 5.41) is 9.27. The molecular weight excluding hydrogens is 310 g/mol. The van der Waals surface area contributed by atoms with Crippen molar-refractivity contribution in [2.45, 2.75) is 18.2 Å². The highest BCUT2D eigenvalue weighted by atomic mass is 79.9. The maximum Gasteiger partial charge on any atom is 0.310 e. The van der Waals surface area contributed by atoms with Gasteiger partial charge < -0.3 is 4.74 Å². The van der Waals surface area contributed by atoms with Crippen LogP contribution in [0.2, 0.25) is 0 Å². The molecule has 0 amide bonds. The zero-order valence-electron chi connectivity index (χ0n) is 9.41. The largest absolute Gasteiger partial charge is 0.469 e. The number of esters is 1. The van der Waals surface area contributed by atoms with Crippen molar-refractivity contribution in [1.82, 2.24) is 4.98 Å². The Kier molecular flexibility index (Phi) is 5.16. The van der Waals surface area contributed by atoms with Crippen molar-refractivity contribution >= 4 is 21.9 Å². The Morgan fingerprint density at radius 1 is 1.67 bits per heavy atom. The third kappa shape index (κ3) is 3.01. The second-order valence-corrected chi connectivity index (χ2v) is 3.88. The predicted octanol–water partition coefficient (Wildman–Crippen LogP) is 2.50. The van der Waals surface area contributed by atoms with Gasteiger partial charge in [-0.3, -0.25) is 9.78 Å². The first-order valence-electron chi connectivity index (χ1n) is 4.86. The van der Waals surface area contributed by atoms with Crippen molar-refractivity contribution in [3.63, 3.8) is 0 Å². The molecule has 0 bridgehead atoms. The molecule has 4 nitrogen and oxygen atoms in total. The molecule has 0 N–H and O–H groups in total. The van der Waals surface area contributed by atoms with Gasteiger partial charge in [-0.15, -0.1) is 0 Å². The highest BCUT2D eigenvalue weighted by Crippen LogP contribution is 2.26. The van der Waals surface area contributed by atoms with Gasteiger partial charge in [0.2, 0.25) is 0 Å². The molecule has 0 saturated heterocycles. The van der Waals surface area contributed by atoms with Crippen molar-refractivity contribution < 1.29 is 18.3 Å². The van der Waals surface area contributed by atoms with Crippen LogP contribution < -0.4 is 0 Å². The minimum atomic E-state index is -2.86. The average molecular weight is 319 g/mol. The van der Waals surface area contributed by atoms with Gasteiger partial charge in [0.1, 0.15) is 11.8 Å². The van der Waals surface area contributed by atoms with E-state index in [0.29, 0.717) is 10.9 Å². The molecule has 96 valence electrons. The fourth-order valence-electron chi connectivity index (χ4n) is 1.43. The van der Waals surface area contributed by atoms with Crippen LogP contribution in [0.1, 0.15) is 28.8 Å². The van der Waals surface area contributed by atoms with Gasteiger partial charge in [0.25, 0.3) is 6.43 Å². The number of carbonyl (C=O) groups is 1. The number of hydrogen-bond donors (Lipinski definition) is 0. The number of ether oxygens (including phenoxy) is 1. The van der Waals surface area contributed by atoms with Crippen LogP contribution in [0.3, 0.4) is 0 Å². The van der Waals surface area contributed by atoms with Gasteiger partial charge in [-0.1, -0.05) is 15.9 Å². The number of nitriles is 1. The smallest absolute Gasteiger partial charge is 0.310 e. The molecule has 0 fully saturated rings. The van der Waals surface area contributed by atoms with Gasteiger partial charge >= 0.3 is 5.97 Å². The van der Waals surface area contributed by atoms with Crippen molar-refractivity contribution in [1.29, 1.82) is 5.26 Å². The third-order valence-corrected chi connectivity index (χ3v) is 2.92. The van der Waals surface area contributed by atoms with Gasteiger partial charge in [0.15, 0.2) is 0 Å². The standard InChI is InChI=1S/C11H9BrF2N2O2/c1-18-9(17)2-7-6(3-12)5-16-10(11(13)14)8(7)4-15/h5,11H,2-3H2,1H3. The van der Waals surface area contributed by atoms with E-state index in [1.54, 1.807) is 6.07 Å². The van der Waals surface area contributed by atoms with E-state index in [2.05, 4.69) is 25.7 Å². The lowest BCUT2D eigenvalue weighted by Crippen LogP contribution is -2.11. The second-order valence-electron chi connectivity index (χ2n) is 3.32. The molecule has 0 saturated carbocycles. The molecule has 18 heavy (non-hydrogen) atoms. The molecule has 0 radical (unpaired) electrons. The molecule has 7 heteroatoms. The van der Waals surface area contributed by atoms with Gasteiger partial charge in [-0.05, 0) is 11.1 Å². The van der Waals surface area contributed by atoms with Gasteiger partial charge in [-0.2, -0.15) is 5.26 Å². The molecule has 1 rings (SSSR count).